The minimum Gasteiger partial charge on any atom is -0.339 e. The van der Waals surface area contributed by atoms with Crippen LogP contribution in [-0.2, 0) is 20.0 Å². The maximum atomic E-state index is 12.5. The van der Waals surface area contributed by atoms with Crippen LogP contribution in [0.15, 0.2) is 29.2 Å². The molecule has 1 aromatic carbocycles. The zero-order valence-electron chi connectivity index (χ0n) is 14.5. The van der Waals surface area contributed by atoms with E-state index in [1.807, 2.05) is 19.1 Å². The molecule has 0 aromatic heterocycles. The van der Waals surface area contributed by atoms with E-state index >= 15 is 0 Å². The average Bonchev–Trinajstić information content (AvgIpc) is 2.46. The highest BCUT2D eigenvalue weighted by molar-refractivity contribution is 7.92. The van der Waals surface area contributed by atoms with E-state index in [0.29, 0.717) is 6.54 Å². The zero-order chi connectivity index (χ0) is 17.3. The lowest BCUT2D eigenvalue weighted by Crippen LogP contribution is -2.44. The standard InChI is InChI=1S/C18H27NO3S/c1-14-7-5-6-12-19(14)17(20)13-23(21,22)16-10-8-15(9-11-16)18(2,3)4/h8-11,14H,5-7,12-13H2,1-4H3. The fourth-order valence-corrected chi connectivity index (χ4v) is 4.17. The number of likely N-dealkylation sites (tertiary alicyclic amines) is 1. The Hall–Kier alpha value is -1.36. The van der Waals surface area contributed by atoms with E-state index in [-0.39, 0.29) is 22.3 Å². The van der Waals surface area contributed by atoms with E-state index in [2.05, 4.69) is 20.8 Å². The van der Waals surface area contributed by atoms with E-state index < -0.39 is 15.6 Å². The highest BCUT2D eigenvalue weighted by atomic mass is 32.2. The summed E-state index contributed by atoms with van der Waals surface area (Å²) in [6.45, 7) is 8.90. The average molecular weight is 337 g/mol. The molecule has 1 aliphatic heterocycles. The number of carbonyl (C=O) groups excluding carboxylic acids is 1. The largest absolute Gasteiger partial charge is 0.339 e. The van der Waals surface area contributed by atoms with Gasteiger partial charge in [-0.1, -0.05) is 32.9 Å². The molecule has 0 radical (unpaired) electrons. The second-order valence-corrected chi connectivity index (χ2v) is 9.45. The Bertz CT molecular complexity index is 657. The number of sulfone groups is 1. The van der Waals surface area contributed by atoms with E-state index in [1.54, 1.807) is 17.0 Å². The Kier molecular flexibility index (Phi) is 5.19. The van der Waals surface area contributed by atoms with Crippen molar-refractivity contribution in [3.63, 3.8) is 0 Å². The van der Waals surface area contributed by atoms with Gasteiger partial charge in [0.2, 0.25) is 5.91 Å². The number of benzene rings is 1. The third-order valence-corrected chi connectivity index (χ3v) is 6.13. The fraction of sp³-hybridized carbons (Fsp3) is 0.611. The van der Waals surface area contributed by atoms with E-state index in [9.17, 15) is 13.2 Å². The third kappa shape index (κ3) is 4.34. The molecule has 0 spiro atoms. The zero-order valence-corrected chi connectivity index (χ0v) is 15.3. The summed E-state index contributed by atoms with van der Waals surface area (Å²) in [5, 5.41) is 0. The number of amides is 1. The summed E-state index contributed by atoms with van der Waals surface area (Å²) in [6.07, 6.45) is 3.01. The molecule has 0 N–H and O–H groups in total. The first-order chi connectivity index (χ1) is 10.6. The van der Waals surface area contributed by atoms with Crippen LogP contribution >= 0.6 is 0 Å². The maximum absolute atomic E-state index is 12.5. The molecule has 1 fully saturated rings. The molecule has 0 bridgehead atoms. The van der Waals surface area contributed by atoms with Crippen molar-refractivity contribution in [1.29, 1.82) is 0 Å². The van der Waals surface area contributed by atoms with E-state index in [0.717, 1.165) is 24.8 Å². The molecule has 1 saturated heterocycles. The van der Waals surface area contributed by atoms with Crippen molar-refractivity contribution in [1.82, 2.24) is 4.90 Å². The lowest BCUT2D eigenvalue weighted by molar-refractivity contribution is -0.131. The molecule has 1 heterocycles. The molecule has 1 aromatic rings. The Morgan fingerprint density at radius 3 is 2.30 bits per heavy atom. The number of hydrogen-bond donors (Lipinski definition) is 0. The van der Waals surface area contributed by atoms with Crippen LogP contribution in [0.25, 0.3) is 0 Å². The van der Waals surface area contributed by atoms with Crippen LogP contribution in [0.2, 0.25) is 0 Å². The number of nitrogens with zero attached hydrogens (tertiary/aromatic N) is 1. The van der Waals surface area contributed by atoms with Crippen LogP contribution < -0.4 is 0 Å². The number of carbonyl (C=O) groups is 1. The topological polar surface area (TPSA) is 54.5 Å². The summed E-state index contributed by atoms with van der Waals surface area (Å²) in [5.41, 5.74) is 1.05. The van der Waals surface area contributed by atoms with Crippen LogP contribution in [0.3, 0.4) is 0 Å². The first-order valence-corrected chi connectivity index (χ1v) is 9.89. The quantitative estimate of drug-likeness (QED) is 0.851. The molecule has 0 saturated carbocycles. The predicted molar refractivity (Wildman–Crippen MR) is 92.2 cm³/mol. The van der Waals surface area contributed by atoms with Crippen LogP contribution in [0.1, 0.15) is 52.5 Å². The summed E-state index contributed by atoms with van der Waals surface area (Å²) < 4.78 is 25.0. The van der Waals surface area contributed by atoms with Crippen LogP contribution in [0.5, 0.6) is 0 Å². The predicted octanol–water partition coefficient (Wildman–Crippen LogP) is 3.16. The van der Waals surface area contributed by atoms with Gasteiger partial charge in [0.1, 0.15) is 5.75 Å². The van der Waals surface area contributed by atoms with Crippen molar-refractivity contribution in [3.05, 3.63) is 29.8 Å². The minimum atomic E-state index is -3.59. The van der Waals surface area contributed by atoms with Gasteiger partial charge in [-0.25, -0.2) is 8.42 Å². The summed E-state index contributed by atoms with van der Waals surface area (Å²) in [6, 6.07) is 7.03. The van der Waals surface area contributed by atoms with Gasteiger partial charge in [-0.2, -0.15) is 0 Å². The highest BCUT2D eigenvalue weighted by Crippen LogP contribution is 2.24. The summed E-state index contributed by atoms with van der Waals surface area (Å²) in [7, 11) is -3.59. The highest BCUT2D eigenvalue weighted by Gasteiger charge is 2.28. The van der Waals surface area contributed by atoms with Gasteiger partial charge in [0.25, 0.3) is 0 Å². The van der Waals surface area contributed by atoms with E-state index in [1.165, 1.54) is 0 Å². The van der Waals surface area contributed by atoms with Crippen molar-refractivity contribution in [3.8, 4) is 0 Å². The molecular weight excluding hydrogens is 310 g/mol. The van der Waals surface area contributed by atoms with Crippen molar-refractivity contribution in [2.24, 2.45) is 0 Å². The lowest BCUT2D eigenvalue weighted by atomic mass is 9.87. The first-order valence-electron chi connectivity index (χ1n) is 8.24. The monoisotopic (exact) mass is 337 g/mol. The van der Waals surface area contributed by atoms with Gasteiger partial charge in [0.15, 0.2) is 9.84 Å². The van der Waals surface area contributed by atoms with Gasteiger partial charge in [-0.05, 0) is 49.3 Å². The fourth-order valence-electron chi connectivity index (χ4n) is 2.96. The Morgan fingerprint density at radius 2 is 1.78 bits per heavy atom. The second-order valence-electron chi connectivity index (χ2n) is 7.47. The molecular formula is C18H27NO3S. The molecule has 2 rings (SSSR count). The van der Waals surface area contributed by atoms with E-state index in [4.69, 9.17) is 0 Å². The molecule has 4 nitrogen and oxygen atoms in total. The second kappa shape index (κ2) is 6.63. The van der Waals surface area contributed by atoms with Gasteiger partial charge in [-0.3, -0.25) is 4.79 Å². The van der Waals surface area contributed by atoms with Crippen molar-refractivity contribution in [2.75, 3.05) is 12.3 Å². The number of hydrogen-bond acceptors (Lipinski definition) is 3. The van der Waals surface area contributed by atoms with Gasteiger partial charge in [0, 0.05) is 12.6 Å². The molecule has 128 valence electrons. The normalized spacial score (nSPS) is 19.7. The Morgan fingerprint density at radius 1 is 1.17 bits per heavy atom. The molecule has 1 unspecified atom stereocenters. The number of rotatable bonds is 3. The number of piperidine rings is 1. The van der Waals surface area contributed by atoms with Crippen LogP contribution in [0.4, 0.5) is 0 Å². The summed E-state index contributed by atoms with van der Waals surface area (Å²) in [5.74, 6) is -0.719. The van der Waals surface area contributed by atoms with Gasteiger partial charge >= 0.3 is 0 Å². The van der Waals surface area contributed by atoms with Gasteiger partial charge in [0.05, 0.1) is 4.90 Å². The smallest absolute Gasteiger partial charge is 0.238 e. The molecule has 23 heavy (non-hydrogen) atoms. The van der Waals surface area contributed by atoms with Gasteiger partial charge < -0.3 is 4.90 Å². The van der Waals surface area contributed by atoms with Crippen molar-refractivity contribution in [2.45, 2.75) is 63.3 Å². The third-order valence-electron chi connectivity index (χ3n) is 4.52. The SMILES string of the molecule is CC1CCCCN1C(=O)CS(=O)(=O)c1ccc(C(C)(C)C)cc1. The summed E-state index contributed by atoms with van der Waals surface area (Å²) in [4.78, 5) is 14.3. The van der Waals surface area contributed by atoms with Gasteiger partial charge in [-0.15, -0.1) is 0 Å². The summed E-state index contributed by atoms with van der Waals surface area (Å²) >= 11 is 0. The van der Waals surface area contributed by atoms with Crippen molar-refractivity contribution < 1.29 is 13.2 Å². The minimum absolute atomic E-state index is 0.0264. The maximum Gasteiger partial charge on any atom is 0.238 e. The molecule has 5 heteroatoms. The Labute approximate surface area is 139 Å². The first kappa shape index (κ1) is 18.0. The lowest BCUT2D eigenvalue weighted by Gasteiger charge is -2.33. The molecule has 1 aliphatic rings. The van der Waals surface area contributed by atoms with Crippen LogP contribution in [0, 0.1) is 0 Å². The molecule has 1 amide bonds. The van der Waals surface area contributed by atoms with Crippen LogP contribution in [-0.4, -0.2) is 37.6 Å². The Balaban J connectivity index is 2.13. The molecule has 1 atom stereocenters. The molecule has 0 aliphatic carbocycles. The van der Waals surface area contributed by atoms with Crippen molar-refractivity contribution >= 4 is 15.7 Å².